The molecule has 130 valence electrons. The van der Waals surface area contributed by atoms with Crippen LogP contribution in [0.4, 0.5) is 0 Å². The molecule has 0 saturated carbocycles. The van der Waals surface area contributed by atoms with E-state index in [4.69, 9.17) is 4.74 Å². The largest absolute Gasteiger partial charge is 0.508 e. The molecule has 3 nitrogen and oxygen atoms in total. The molecular weight excluding hydrogens is 298 g/mol. The number of benzene rings is 1. The van der Waals surface area contributed by atoms with Crippen LogP contribution in [-0.4, -0.2) is 22.8 Å². The van der Waals surface area contributed by atoms with Crippen LogP contribution in [0.1, 0.15) is 58.1 Å². The third-order valence-corrected chi connectivity index (χ3v) is 4.15. The molecule has 0 aliphatic rings. The number of nitrogens with zero attached hydrogens (tertiary/aromatic N) is 1. The Labute approximate surface area is 145 Å². The van der Waals surface area contributed by atoms with Crippen LogP contribution >= 0.6 is 0 Å². The second-order valence-electron chi connectivity index (χ2n) is 6.36. The number of pyridine rings is 1. The molecule has 1 atom stereocenters. The number of allylic oxidation sites excluding steroid dienone is 1. The van der Waals surface area contributed by atoms with E-state index in [1.165, 1.54) is 19.3 Å². The molecule has 2 aromatic rings. The lowest BCUT2D eigenvalue weighted by atomic mass is 10.1. The number of hydrogen-bond acceptors (Lipinski definition) is 3. The highest BCUT2D eigenvalue weighted by atomic mass is 16.5. The van der Waals surface area contributed by atoms with Crippen LogP contribution in [-0.2, 0) is 4.74 Å². The molecule has 0 spiro atoms. The van der Waals surface area contributed by atoms with E-state index in [0.717, 1.165) is 42.3 Å². The SMILES string of the molecule is CCCCCOC(C)CCC/C=C/c1cc2ccc(O)cc2cn1. The lowest BCUT2D eigenvalue weighted by Crippen LogP contribution is -2.08. The topological polar surface area (TPSA) is 42.4 Å². The molecule has 24 heavy (non-hydrogen) atoms. The molecule has 1 N–H and O–H groups in total. The van der Waals surface area contributed by atoms with Crippen molar-refractivity contribution in [2.24, 2.45) is 0 Å². The minimum Gasteiger partial charge on any atom is -0.508 e. The van der Waals surface area contributed by atoms with Crippen molar-refractivity contribution in [2.75, 3.05) is 6.61 Å². The standard InChI is InChI=1S/C21H29NO2/c1-3-4-8-13-24-17(2)9-6-5-7-10-20-14-18-11-12-21(23)15-19(18)16-22-20/h7,10-12,14-17,23H,3-6,8-9,13H2,1-2H3/b10-7+. The molecule has 1 aromatic heterocycles. The van der Waals surface area contributed by atoms with Crippen molar-refractivity contribution in [3.8, 4) is 5.75 Å². The molecule has 3 heteroatoms. The van der Waals surface area contributed by atoms with Gasteiger partial charge in [-0.05, 0) is 62.3 Å². The fraction of sp³-hybridized carbons (Fsp3) is 0.476. The maximum atomic E-state index is 9.47. The minimum absolute atomic E-state index is 0.277. The summed E-state index contributed by atoms with van der Waals surface area (Å²) in [5, 5.41) is 11.5. The Bertz CT molecular complexity index is 651. The van der Waals surface area contributed by atoms with Crippen molar-refractivity contribution < 1.29 is 9.84 Å². The molecule has 0 saturated heterocycles. The van der Waals surface area contributed by atoms with Crippen molar-refractivity contribution in [3.05, 3.63) is 42.2 Å². The van der Waals surface area contributed by atoms with E-state index in [1.807, 2.05) is 12.1 Å². The summed E-state index contributed by atoms with van der Waals surface area (Å²) >= 11 is 0. The molecule has 0 amide bonds. The first-order chi connectivity index (χ1) is 11.7. The van der Waals surface area contributed by atoms with Gasteiger partial charge in [0.05, 0.1) is 11.8 Å². The Morgan fingerprint density at radius 2 is 2.04 bits per heavy atom. The fourth-order valence-electron chi connectivity index (χ4n) is 2.68. The lowest BCUT2D eigenvalue weighted by Gasteiger charge is -2.11. The number of ether oxygens (including phenoxy) is 1. The van der Waals surface area contributed by atoms with Gasteiger partial charge in [-0.15, -0.1) is 0 Å². The number of unbranched alkanes of at least 4 members (excludes halogenated alkanes) is 3. The van der Waals surface area contributed by atoms with E-state index in [1.54, 1.807) is 18.3 Å². The Balaban J connectivity index is 1.71. The quantitative estimate of drug-likeness (QED) is 0.567. The Morgan fingerprint density at radius 3 is 2.88 bits per heavy atom. The smallest absolute Gasteiger partial charge is 0.116 e. The molecule has 0 aliphatic carbocycles. The first-order valence-corrected chi connectivity index (χ1v) is 9.06. The predicted octanol–water partition coefficient (Wildman–Crippen LogP) is 5.72. The summed E-state index contributed by atoms with van der Waals surface area (Å²) in [6.45, 7) is 5.27. The number of rotatable bonds is 10. The van der Waals surface area contributed by atoms with Crippen molar-refractivity contribution in [2.45, 2.75) is 58.5 Å². The van der Waals surface area contributed by atoms with Crippen LogP contribution in [0.5, 0.6) is 5.75 Å². The number of phenolic OH excluding ortho intramolecular Hbond substituents is 1. The molecule has 1 aromatic carbocycles. The van der Waals surface area contributed by atoms with Gasteiger partial charge >= 0.3 is 0 Å². The van der Waals surface area contributed by atoms with Crippen molar-refractivity contribution in [3.63, 3.8) is 0 Å². The minimum atomic E-state index is 0.277. The highest BCUT2D eigenvalue weighted by molar-refractivity contribution is 5.84. The molecular formula is C21H29NO2. The van der Waals surface area contributed by atoms with E-state index < -0.39 is 0 Å². The molecule has 0 bridgehead atoms. The van der Waals surface area contributed by atoms with Gasteiger partial charge in [0, 0.05) is 18.2 Å². The predicted molar refractivity (Wildman–Crippen MR) is 101 cm³/mol. The maximum Gasteiger partial charge on any atom is 0.116 e. The normalized spacial score (nSPS) is 12.9. The lowest BCUT2D eigenvalue weighted by molar-refractivity contribution is 0.0566. The highest BCUT2D eigenvalue weighted by Gasteiger charge is 2.01. The maximum absolute atomic E-state index is 9.47. The van der Waals surface area contributed by atoms with Crippen LogP contribution in [0.25, 0.3) is 16.8 Å². The third-order valence-electron chi connectivity index (χ3n) is 4.15. The Morgan fingerprint density at radius 1 is 1.17 bits per heavy atom. The molecule has 0 radical (unpaired) electrons. The van der Waals surface area contributed by atoms with Gasteiger partial charge in [0.15, 0.2) is 0 Å². The van der Waals surface area contributed by atoms with Gasteiger partial charge in [-0.3, -0.25) is 4.98 Å². The number of hydrogen-bond donors (Lipinski definition) is 1. The highest BCUT2D eigenvalue weighted by Crippen LogP contribution is 2.20. The van der Waals surface area contributed by atoms with Gasteiger partial charge in [0.1, 0.15) is 5.75 Å². The van der Waals surface area contributed by atoms with Crippen LogP contribution < -0.4 is 0 Å². The summed E-state index contributed by atoms with van der Waals surface area (Å²) in [5.74, 6) is 0.277. The number of aromatic hydroxyl groups is 1. The van der Waals surface area contributed by atoms with Gasteiger partial charge in [0.25, 0.3) is 0 Å². The number of fused-ring (bicyclic) bond motifs is 1. The molecule has 0 aliphatic heterocycles. The van der Waals surface area contributed by atoms with Gasteiger partial charge in [0.2, 0.25) is 0 Å². The van der Waals surface area contributed by atoms with E-state index >= 15 is 0 Å². The van der Waals surface area contributed by atoms with Gasteiger partial charge < -0.3 is 9.84 Å². The van der Waals surface area contributed by atoms with E-state index in [0.29, 0.717) is 6.10 Å². The van der Waals surface area contributed by atoms with Gasteiger partial charge in [-0.25, -0.2) is 0 Å². The van der Waals surface area contributed by atoms with Crippen LogP contribution in [0, 0.1) is 0 Å². The van der Waals surface area contributed by atoms with E-state index in [2.05, 4.69) is 31.0 Å². The summed E-state index contributed by atoms with van der Waals surface area (Å²) < 4.78 is 5.81. The van der Waals surface area contributed by atoms with Crippen LogP contribution in [0.3, 0.4) is 0 Å². The van der Waals surface area contributed by atoms with Crippen LogP contribution in [0.2, 0.25) is 0 Å². The summed E-state index contributed by atoms with van der Waals surface area (Å²) in [6, 6.07) is 7.40. The Hall–Kier alpha value is -1.87. The second kappa shape index (κ2) is 10.1. The summed E-state index contributed by atoms with van der Waals surface area (Å²) in [5.41, 5.74) is 0.956. The molecule has 1 heterocycles. The van der Waals surface area contributed by atoms with Gasteiger partial charge in [-0.1, -0.05) is 31.9 Å². The summed E-state index contributed by atoms with van der Waals surface area (Å²) in [6.07, 6.45) is 13.3. The zero-order chi connectivity index (χ0) is 17.2. The summed E-state index contributed by atoms with van der Waals surface area (Å²) in [4.78, 5) is 4.42. The monoisotopic (exact) mass is 327 g/mol. The number of aromatic nitrogens is 1. The average Bonchev–Trinajstić information content (AvgIpc) is 2.58. The van der Waals surface area contributed by atoms with Crippen LogP contribution in [0.15, 0.2) is 36.5 Å². The summed E-state index contributed by atoms with van der Waals surface area (Å²) in [7, 11) is 0. The van der Waals surface area contributed by atoms with Crippen molar-refractivity contribution >= 4 is 16.8 Å². The molecule has 1 unspecified atom stereocenters. The van der Waals surface area contributed by atoms with E-state index in [9.17, 15) is 5.11 Å². The average molecular weight is 327 g/mol. The zero-order valence-corrected chi connectivity index (χ0v) is 14.9. The third kappa shape index (κ3) is 6.32. The van der Waals surface area contributed by atoms with Gasteiger partial charge in [-0.2, -0.15) is 0 Å². The fourth-order valence-corrected chi connectivity index (χ4v) is 2.68. The van der Waals surface area contributed by atoms with E-state index in [-0.39, 0.29) is 5.75 Å². The number of phenols is 1. The first-order valence-electron chi connectivity index (χ1n) is 9.06. The van der Waals surface area contributed by atoms with Crippen molar-refractivity contribution in [1.82, 2.24) is 4.98 Å². The molecule has 2 rings (SSSR count). The second-order valence-corrected chi connectivity index (χ2v) is 6.36. The molecule has 0 fully saturated rings. The zero-order valence-electron chi connectivity index (χ0n) is 14.9. The first kappa shape index (κ1) is 18.5. The van der Waals surface area contributed by atoms with Crippen molar-refractivity contribution in [1.29, 1.82) is 0 Å². The Kier molecular flexibility index (Phi) is 7.76.